The number of nitrogens with zero attached hydrogens (tertiary/aromatic N) is 2. The molecule has 4 heteroatoms. The van der Waals surface area contributed by atoms with Crippen molar-refractivity contribution in [3.63, 3.8) is 0 Å². The highest BCUT2D eigenvalue weighted by Gasteiger charge is 2.14. The third-order valence-electron chi connectivity index (χ3n) is 3.69. The second-order valence-corrected chi connectivity index (χ2v) is 5.13. The molecule has 1 aromatic carbocycles. The van der Waals surface area contributed by atoms with Crippen LogP contribution >= 0.6 is 0 Å². The summed E-state index contributed by atoms with van der Waals surface area (Å²) in [5, 5.41) is 0.955. The molecule has 2 aromatic heterocycles. The van der Waals surface area contributed by atoms with Crippen molar-refractivity contribution < 1.29 is 4.74 Å². The highest BCUT2D eigenvalue weighted by atomic mass is 16.5. The van der Waals surface area contributed by atoms with Gasteiger partial charge in [0.2, 0.25) is 0 Å². The summed E-state index contributed by atoms with van der Waals surface area (Å²) in [6, 6.07) is 13.3. The van der Waals surface area contributed by atoms with Gasteiger partial charge in [0.15, 0.2) is 0 Å². The van der Waals surface area contributed by atoms with E-state index in [0.29, 0.717) is 17.9 Å². The van der Waals surface area contributed by atoms with Crippen LogP contribution in [0.25, 0.3) is 22.2 Å². The molecule has 0 saturated carbocycles. The predicted octanol–water partition coefficient (Wildman–Crippen LogP) is 3.48. The minimum absolute atomic E-state index is 0.0300. The number of benzene rings is 1. The summed E-state index contributed by atoms with van der Waals surface area (Å²) in [5.41, 5.74) is 2.16. The van der Waals surface area contributed by atoms with Crippen molar-refractivity contribution in [2.24, 2.45) is 0 Å². The zero-order valence-electron chi connectivity index (χ0n) is 12.7. The molecule has 4 nitrogen and oxygen atoms in total. The molecular formula is C18H18N2O2. The molecule has 0 aliphatic carbocycles. The number of pyridine rings is 2. The maximum Gasteiger partial charge on any atom is 0.260 e. The molecule has 3 rings (SSSR count). The minimum atomic E-state index is -0.0300. The Hall–Kier alpha value is -2.62. The van der Waals surface area contributed by atoms with E-state index in [2.05, 4.69) is 11.9 Å². The van der Waals surface area contributed by atoms with Gasteiger partial charge in [-0.15, -0.1) is 0 Å². The van der Waals surface area contributed by atoms with Gasteiger partial charge < -0.3 is 4.74 Å². The van der Waals surface area contributed by atoms with Gasteiger partial charge in [0.05, 0.1) is 12.7 Å². The fraction of sp³-hybridized carbons (Fsp3) is 0.222. The lowest BCUT2D eigenvalue weighted by atomic mass is 10.0. The Balaban J connectivity index is 2.35. The third-order valence-corrected chi connectivity index (χ3v) is 3.69. The second-order valence-electron chi connectivity index (χ2n) is 5.13. The first kappa shape index (κ1) is 14.3. The number of hydrogen-bond donors (Lipinski definition) is 0. The number of aromatic nitrogens is 2. The van der Waals surface area contributed by atoms with Crippen LogP contribution in [0, 0.1) is 0 Å². The van der Waals surface area contributed by atoms with Crippen LogP contribution in [0.5, 0.6) is 5.75 Å². The Kier molecular flexibility index (Phi) is 3.92. The van der Waals surface area contributed by atoms with Crippen LogP contribution in [0.2, 0.25) is 0 Å². The van der Waals surface area contributed by atoms with Crippen LogP contribution in [0.1, 0.15) is 13.3 Å². The van der Waals surface area contributed by atoms with Crippen molar-refractivity contribution in [1.82, 2.24) is 9.55 Å². The van der Waals surface area contributed by atoms with E-state index in [-0.39, 0.29) is 5.56 Å². The van der Waals surface area contributed by atoms with E-state index in [1.165, 1.54) is 0 Å². The van der Waals surface area contributed by atoms with Crippen molar-refractivity contribution in [2.45, 2.75) is 19.9 Å². The van der Waals surface area contributed by atoms with Crippen LogP contribution in [0.15, 0.2) is 53.5 Å². The van der Waals surface area contributed by atoms with Gasteiger partial charge in [-0.05, 0) is 30.7 Å². The lowest BCUT2D eigenvalue weighted by Gasteiger charge is -2.13. The highest BCUT2D eigenvalue weighted by Crippen LogP contribution is 2.28. The zero-order chi connectivity index (χ0) is 15.5. The molecule has 0 amide bonds. The van der Waals surface area contributed by atoms with Crippen LogP contribution in [0.4, 0.5) is 0 Å². The van der Waals surface area contributed by atoms with Gasteiger partial charge in [0, 0.05) is 23.7 Å². The third kappa shape index (κ3) is 2.37. The SMILES string of the molecule is CCCn1c(=O)c(-c2ccccc2OC)cc2cccnc21. The van der Waals surface area contributed by atoms with Crippen LogP contribution in [-0.2, 0) is 6.54 Å². The fourth-order valence-electron chi connectivity index (χ4n) is 2.70. The smallest absolute Gasteiger partial charge is 0.260 e. The monoisotopic (exact) mass is 294 g/mol. The normalized spacial score (nSPS) is 10.8. The molecule has 0 fully saturated rings. The minimum Gasteiger partial charge on any atom is -0.496 e. The Labute approximate surface area is 129 Å². The highest BCUT2D eigenvalue weighted by molar-refractivity contribution is 5.82. The van der Waals surface area contributed by atoms with E-state index in [4.69, 9.17) is 4.74 Å². The number of ether oxygens (including phenoxy) is 1. The summed E-state index contributed by atoms with van der Waals surface area (Å²) >= 11 is 0. The zero-order valence-corrected chi connectivity index (χ0v) is 12.7. The van der Waals surface area contributed by atoms with E-state index in [1.807, 2.05) is 42.5 Å². The molecule has 112 valence electrons. The molecule has 0 radical (unpaired) electrons. The Morgan fingerprint density at radius 3 is 2.73 bits per heavy atom. The van der Waals surface area contributed by atoms with E-state index in [0.717, 1.165) is 23.0 Å². The Morgan fingerprint density at radius 1 is 1.14 bits per heavy atom. The van der Waals surface area contributed by atoms with Gasteiger partial charge in [0.25, 0.3) is 5.56 Å². The Morgan fingerprint density at radius 2 is 1.95 bits per heavy atom. The number of methoxy groups -OCH3 is 1. The number of hydrogen-bond acceptors (Lipinski definition) is 3. The summed E-state index contributed by atoms with van der Waals surface area (Å²) in [5.74, 6) is 0.700. The van der Waals surface area contributed by atoms with Gasteiger partial charge in [-0.3, -0.25) is 9.36 Å². The van der Waals surface area contributed by atoms with Gasteiger partial charge >= 0.3 is 0 Å². The van der Waals surface area contributed by atoms with Crippen LogP contribution in [-0.4, -0.2) is 16.7 Å². The molecule has 0 aliphatic heterocycles. The van der Waals surface area contributed by atoms with Gasteiger partial charge in [0.1, 0.15) is 11.4 Å². The van der Waals surface area contributed by atoms with Gasteiger partial charge in [-0.2, -0.15) is 0 Å². The number of aryl methyl sites for hydroxylation is 1. The molecule has 0 spiro atoms. The van der Waals surface area contributed by atoms with Crippen molar-refractivity contribution in [2.75, 3.05) is 7.11 Å². The van der Waals surface area contributed by atoms with Crippen LogP contribution < -0.4 is 10.3 Å². The molecule has 3 aromatic rings. The summed E-state index contributed by atoms with van der Waals surface area (Å²) in [6.45, 7) is 2.70. The van der Waals surface area contributed by atoms with E-state index in [1.54, 1.807) is 17.9 Å². The lowest BCUT2D eigenvalue weighted by molar-refractivity contribution is 0.416. The summed E-state index contributed by atoms with van der Waals surface area (Å²) in [6.07, 6.45) is 2.59. The Bertz CT molecular complexity index is 868. The summed E-state index contributed by atoms with van der Waals surface area (Å²) in [7, 11) is 1.62. The molecule has 0 atom stereocenters. The molecule has 22 heavy (non-hydrogen) atoms. The number of para-hydroxylation sites is 1. The summed E-state index contributed by atoms with van der Waals surface area (Å²) in [4.78, 5) is 17.3. The standard InChI is InChI=1S/C18H18N2O2/c1-3-11-20-17-13(7-6-10-19-17)12-15(18(20)21)14-8-4-5-9-16(14)22-2/h4-10,12H,3,11H2,1-2H3. The predicted molar refractivity (Wildman–Crippen MR) is 88.3 cm³/mol. The van der Waals surface area contributed by atoms with Crippen molar-refractivity contribution in [3.05, 3.63) is 59.0 Å². The van der Waals surface area contributed by atoms with Crippen LogP contribution in [0.3, 0.4) is 0 Å². The van der Waals surface area contributed by atoms with E-state index in [9.17, 15) is 4.79 Å². The first-order valence-corrected chi connectivity index (χ1v) is 7.38. The first-order chi connectivity index (χ1) is 10.8. The van der Waals surface area contributed by atoms with Crippen molar-refractivity contribution in [1.29, 1.82) is 0 Å². The average Bonchev–Trinajstić information content (AvgIpc) is 2.57. The number of rotatable bonds is 4. The van der Waals surface area contributed by atoms with Crippen molar-refractivity contribution in [3.8, 4) is 16.9 Å². The summed E-state index contributed by atoms with van der Waals surface area (Å²) < 4.78 is 7.15. The average molecular weight is 294 g/mol. The maximum absolute atomic E-state index is 12.9. The largest absolute Gasteiger partial charge is 0.496 e. The first-order valence-electron chi connectivity index (χ1n) is 7.38. The molecule has 0 N–H and O–H groups in total. The fourth-order valence-corrected chi connectivity index (χ4v) is 2.70. The molecule has 0 bridgehead atoms. The number of fused-ring (bicyclic) bond motifs is 1. The molecule has 0 aliphatic rings. The van der Waals surface area contributed by atoms with Gasteiger partial charge in [-0.25, -0.2) is 4.98 Å². The maximum atomic E-state index is 12.9. The molecule has 0 unspecified atom stereocenters. The van der Waals surface area contributed by atoms with Crippen molar-refractivity contribution >= 4 is 11.0 Å². The molecule has 2 heterocycles. The quantitative estimate of drug-likeness (QED) is 0.740. The second kappa shape index (κ2) is 6.02. The topological polar surface area (TPSA) is 44.1 Å². The molecular weight excluding hydrogens is 276 g/mol. The lowest BCUT2D eigenvalue weighted by Crippen LogP contribution is -2.22. The van der Waals surface area contributed by atoms with E-state index >= 15 is 0 Å². The van der Waals surface area contributed by atoms with Gasteiger partial charge in [-0.1, -0.05) is 25.1 Å². The molecule has 0 saturated heterocycles. The van der Waals surface area contributed by atoms with E-state index < -0.39 is 0 Å².